The number of hydrogen-bond donors (Lipinski definition) is 1. The van der Waals surface area contributed by atoms with Gasteiger partial charge in [-0.25, -0.2) is 4.98 Å². The lowest BCUT2D eigenvalue weighted by Gasteiger charge is -2.03. The first-order valence-electron chi connectivity index (χ1n) is 6.22. The van der Waals surface area contributed by atoms with Crippen LogP contribution in [0.4, 0.5) is 0 Å². The summed E-state index contributed by atoms with van der Waals surface area (Å²) >= 11 is 0. The van der Waals surface area contributed by atoms with E-state index in [1.807, 2.05) is 19.3 Å². The first kappa shape index (κ1) is 12.8. The van der Waals surface area contributed by atoms with Crippen LogP contribution in [0.15, 0.2) is 16.9 Å². The highest BCUT2D eigenvalue weighted by molar-refractivity contribution is 5.12. The summed E-state index contributed by atoms with van der Waals surface area (Å²) in [5.74, 6) is 0.857. The van der Waals surface area contributed by atoms with Crippen LogP contribution in [0.5, 0.6) is 0 Å². The molecule has 2 heterocycles. The number of nitrogens with zero attached hydrogens (tertiary/aromatic N) is 3. The van der Waals surface area contributed by atoms with E-state index in [1.165, 1.54) is 0 Å². The molecular weight excluding hydrogens is 228 g/mol. The van der Waals surface area contributed by atoms with E-state index in [0.29, 0.717) is 12.6 Å². The first-order chi connectivity index (χ1) is 8.56. The van der Waals surface area contributed by atoms with Crippen molar-refractivity contribution in [2.75, 3.05) is 0 Å². The zero-order valence-corrected chi connectivity index (χ0v) is 11.4. The molecule has 0 radical (unpaired) electrons. The predicted molar refractivity (Wildman–Crippen MR) is 69.3 cm³/mol. The molecule has 2 aromatic heterocycles. The van der Waals surface area contributed by atoms with Crippen LogP contribution in [-0.4, -0.2) is 20.7 Å². The Hall–Kier alpha value is -1.62. The van der Waals surface area contributed by atoms with Gasteiger partial charge < -0.3 is 14.4 Å². The third-order valence-electron chi connectivity index (χ3n) is 2.97. The SMILES string of the molecule is Cc1ncn(Cc2cc(CNC(C)C)no2)c1C. The van der Waals surface area contributed by atoms with Crippen molar-refractivity contribution >= 4 is 0 Å². The summed E-state index contributed by atoms with van der Waals surface area (Å²) in [4.78, 5) is 4.27. The Kier molecular flexibility index (Phi) is 3.81. The molecule has 0 spiro atoms. The molecule has 18 heavy (non-hydrogen) atoms. The van der Waals surface area contributed by atoms with Crippen molar-refractivity contribution in [2.24, 2.45) is 0 Å². The zero-order valence-electron chi connectivity index (χ0n) is 11.4. The van der Waals surface area contributed by atoms with Gasteiger partial charge in [0, 0.05) is 24.3 Å². The smallest absolute Gasteiger partial charge is 0.156 e. The van der Waals surface area contributed by atoms with Gasteiger partial charge in [-0.15, -0.1) is 0 Å². The van der Waals surface area contributed by atoms with Crippen LogP contribution in [-0.2, 0) is 13.1 Å². The quantitative estimate of drug-likeness (QED) is 0.879. The largest absolute Gasteiger partial charge is 0.359 e. The molecule has 0 aliphatic rings. The Bertz CT molecular complexity index is 513. The average Bonchev–Trinajstić information content (AvgIpc) is 2.89. The summed E-state index contributed by atoms with van der Waals surface area (Å²) in [6.07, 6.45) is 1.83. The fourth-order valence-corrected chi connectivity index (χ4v) is 1.69. The highest BCUT2D eigenvalue weighted by atomic mass is 16.5. The molecule has 2 rings (SSSR count). The number of aryl methyl sites for hydroxylation is 1. The van der Waals surface area contributed by atoms with E-state index in [1.54, 1.807) is 0 Å². The second-order valence-electron chi connectivity index (χ2n) is 4.86. The topological polar surface area (TPSA) is 55.9 Å². The third kappa shape index (κ3) is 2.98. The normalized spacial score (nSPS) is 11.4. The standard InChI is InChI=1S/C13H20N4O/c1-9(2)14-6-12-5-13(18-16-12)7-17-8-15-10(3)11(17)4/h5,8-9,14H,6-7H2,1-4H3. The van der Waals surface area contributed by atoms with Crippen molar-refractivity contribution in [3.8, 4) is 0 Å². The maximum atomic E-state index is 5.33. The molecule has 0 bridgehead atoms. The molecule has 2 aromatic rings. The number of hydrogen-bond acceptors (Lipinski definition) is 4. The first-order valence-corrected chi connectivity index (χ1v) is 6.22. The fourth-order valence-electron chi connectivity index (χ4n) is 1.69. The van der Waals surface area contributed by atoms with Gasteiger partial charge in [-0.2, -0.15) is 0 Å². The second-order valence-corrected chi connectivity index (χ2v) is 4.86. The Morgan fingerprint density at radius 3 is 2.78 bits per heavy atom. The Morgan fingerprint density at radius 1 is 1.39 bits per heavy atom. The Morgan fingerprint density at radius 2 is 2.17 bits per heavy atom. The molecule has 0 fully saturated rings. The zero-order chi connectivity index (χ0) is 13.1. The maximum absolute atomic E-state index is 5.33. The van der Waals surface area contributed by atoms with Crippen molar-refractivity contribution < 1.29 is 4.52 Å². The van der Waals surface area contributed by atoms with Gasteiger partial charge in [0.15, 0.2) is 5.76 Å². The molecule has 5 nitrogen and oxygen atoms in total. The van der Waals surface area contributed by atoms with E-state index in [9.17, 15) is 0 Å². The fraction of sp³-hybridized carbons (Fsp3) is 0.538. The van der Waals surface area contributed by atoms with Gasteiger partial charge in [-0.1, -0.05) is 19.0 Å². The highest BCUT2D eigenvalue weighted by Crippen LogP contribution is 2.10. The number of nitrogens with one attached hydrogen (secondary N) is 1. The van der Waals surface area contributed by atoms with Crippen molar-refractivity contribution in [3.63, 3.8) is 0 Å². The molecule has 0 saturated heterocycles. The predicted octanol–water partition coefficient (Wildman–Crippen LogP) is 2.03. The molecule has 0 atom stereocenters. The van der Waals surface area contributed by atoms with Gasteiger partial charge in [-0.3, -0.25) is 0 Å². The van der Waals surface area contributed by atoms with Gasteiger partial charge in [0.1, 0.15) is 0 Å². The minimum absolute atomic E-state index is 0.448. The summed E-state index contributed by atoms with van der Waals surface area (Å²) in [5, 5.41) is 7.36. The van der Waals surface area contributed by atoms with E-state index < -0.39 is 0 Å². The van der Waals surface area contributed by atoms with E-state index in [0.717, 1.165) is 29.4 Å². The Balaban J connectivity index is 2.00. The van der Waals surface area contributed by atoms with Gasteiger partial charge in [-0.05, 0) is 13.8 Å². The molecular formula is C13H20N4O. The monoisotopic (exact) mass is 248 g/mol. The molecule has 0 aromatic carbocycles. The van der Waals surface area contributed by atoms with Crippen LogP contribution in [0.25, 0.3) is 0 Å². The van der Waals surface area contributed by atoms with E-state index in [2.05, 4.69) is 40.8 Å². The molecule has 1 N–H and O–H groups in total. The second kappa shape index (κ2) is 5.35. The summed E-state index contributed by atoms with van der Waals surface area (Å²) < 4.78 is 7.39. The lowest BCUT2D eigenvalue weighted by molar-refractivity contribution is 0.367. The molecule has 0 unspecified atom stereocenters. The number of aromatic nitrogens is 3. The lowest BCUT2D eigenvalue weighted by Crippen LogP contribution is -2.21. The molecule has 0 aliphatic heterocycles. The van der Waals surface area contributed by atoms with Crippen LogP contribution in [0.1, 0.15) is 36.7 Å². The van der Waals surface area contributed by atoms with E-state index in [-0.39, 0.29) is 0 Å². The van der Waals surface area contributed by atoms with Crippen LogP contribution in [0, 0.1) is 13.8 Å². The molecule has 0 saturated carbocycles. The minimum Gasteiger partial charge on any atom is -0.359 e. The molecule has 98 valence electrons. The average molecular weight is 248 g/mol. The lowest BCUT2D eigenvalue weighted by atomic mass is 10.3. The van der Waals surface area contributed by atoms with Crippen LogP contribution >= 0.6 is 0 Å². The van der Waals surface area contributed by atoms with Crippen LogP contribution in [0.3, 0.4) is 0 Å². The number of imidazole rings is 1. The van der Waals surface area contributed by atoms with Crippen LogP contribution in [0.2, 0.25) is 0 Å². The molecule has 0 aliphatic carbocycles. The molecule has 0 amide bonds. The summed E-state index contributed by atoms with van der Waals surface area (Å²) in [6.45, 7) is 9.70. The van der Waals surface area contributed by atoms with E-state index in [4.69, 9.17) is 4.52 Å². The maximum Gasteiger partial charge on any atom is 0.156 e. The van der Waals surface area contributed by atoms with Crippen LogP contribution < -0.4 is 5.32 Å². The summed E-state index contributed by atoms with van der Waals surface area (Å²) in [7, 11) is 0. The van der Waals surface area contributed by atoms with E-state index >= 15 is 0 Å². The van der Waals surface area contributed by atoms with Crippen molar-refractivity contribution in [2.45, 2.75) is 46.8 Å². The highest BCUT2D eigenvalue weighted by Gasteiger charge is 2.08. The summed E-state index contributed by atoms with van der Waals surface area (Å²) in [6, 6.07) is 2.44. The van der Waals surface area contributed by atoms with Crippen molar-refractivity contribution in [3.05, 3.63) is 35.2 Å². The third-order valence-corrected chi connectivity index (χ3v) is 2.97. The minimum atomic E-state index is 0.448. The Labute approximate surface area is 107 Å². The van der Waals surface area contributed by atoms with Crippen molar-refractivity contribution in [1.82, 2.24) is 20.0 Å². The molecule has 5 heteroatoms. The van der Waals surface area contributed by atoms with Gasteiger partial charge in [0.2, 0.25) is 0 Å². The summed E-state index contributed by atoms with van der Waals surface area (Å²) in [5.41, 5.74) is 3.15. The van der Waals surface area contributed by atoms with Crippen molar-refractivity contribution in [1.29, 1.82) is 0 Å². The van der Waals surface area contributed by atoms with Gasteiger partial charge >= 0.3 is 0 Å². The van der Waals surface area contributed by atoms with Gasteiger partial charge in [0.05, 0.1) is 24.3 Å². The number of rotatable bonds is 5. The van der Waals surface area contributed by atoms with Gasteiger partial charge in [0.25, 0.3) is 0 Å².